The van der Waals surface area contributed by atoms with E-state index in [9.17, 15) is 9.59 Å². The number of amides is 2. The Labute approximate surface area is 216 Å². The van der Waals surface area contributed by atoms with Gasteiger partial charge in [-0.2, -0.15) is 0 Å². The van der Waals surface area contributed by atoms with Gasteiger partial charge in [-0.05, 0) is 98.6 Å². The van der Waals surface area contributed by atoms with Crippen LogP contribution < -0.4 is 21.3 Å². The summed E-state index contributed by atoms with van der Waals surface area (Å²) in [5.41, 5.74) is 0.830. The topological polar surface area (TPSA) is 82.3 Å². The maximum atomic E-state index is 13.6. The molecule has 6 heteroatoms. The molecule has 2 aliphatic rings. The van der Waals surface area contributed by atoms with Gasteiger partial charge in [-0.3, -0.25) is 9.59 Å². The molecule has 4 rings (SSSR count). The van der Waals surface area contributed by atoms with Gasteiger partial charge in [-0.1, -0.05) is 24.3 Å². The minimum Gasteiger partial charge on any atom is -0.349 e. The van der Waals surface area contributed by atoms with Crippen molar-refractivity contribution in [1.82, 2.24) is 21.3 Å². The number of benzene rings is 2. The molecule has 0 radical (unpaired) electrons. The van der Waals surface area contributed by atoms with E-state index in [1.165, 1.54) is 0 Å². The number of piperidine rings is 2. The lowest BCUT2D eigenvalue weighted by Gasteiger charge is -2.46. The molecule has 2 saturated heterocycles. The first kappa shape index (κ1) is 26.6. The normalized spacial score (nSPS) is 23.2. The fourth-order valence-electron chi connectivity index (χ4n) is 7.09. The smallest absolute Gasteiger partial charge is 0.252 e. The zero-order valence-electron chi connectivity index (χ0n) is 23.3. The van der Waals surface area contributed by atoms with Crippen LogP contribution in [0.5, 0.6) is 0 Å². The lowest BCUT2D eigenvalue weighted by molar-refractivity contribution is 0.0868. The van der Waals surface area contributed by atoms with Gasteiger partial charge in [-0.25, -0.2) is 0 Å². The maximum Gasteiger partial charge on any atom is 0.252 e. The Morgan fingerprint density at radius 1 is 0.639 bits per heavy atom. The van der Waals surface area contributed by atoms with Crippen molar-refractivity contribution >= 4 is 22.6 Å². The van der Waals surface area contributed by atoms with Crippen LogP contribution in [-0.4, -0.2) is 46.1 Å². The van der Waals surface area contributed by atoms with E-state index in [1.807, 2.05) is 36.4 Å². The minimum absolute atomic E-state index is 0.0548. The minimum atomic E-state index is -0.122. The number of nitrogens with one attached hydrogen (secondary N) is 4. The summed E-state index contributed by atoms with van der Waals surface area (Å²) in [5, 5.41) is 15.5. The summed E-state index contributed by atoms with van der Waals surface area (Å²) in [7, 11) is 0. The van der Waals surface area contributed by atoms with Gasteiger partial charge in [0.2, 0.25) is 0 Å². The first-order valence-corrected chi connectivity index (χ1v) is 13.3. The van der Waals surface area contributed by atoms with Crippen LogP contribution in [0.25, 0.3) is 10.8 Å². The molecule has 0 saturated carbocycles. The quantitative estimate of drug-likeness (QED) is 0.488. The molecule has 0 aromatic heterocycles. The zero-order valence-corrected chi connectivity index (χ0v) is 23.3. The van der Waals surface area contributed by atoms with E-state index in [0.29, 0.717) is 11.1 Å². The summed E-state index contributed by atoms with van der Waals surface area (Å²) in [6, 6.07) is 11.5. The summed E-state index contributed by atoms with van der Waals surface area (Å²) in [6.45, 7) is 17.4. The van der Waals surface area contributed by atoms with Gasteiger partial charge in [-0.15, -0.1) is 0 Å². The Balaban J connectivity index is 1.61. The van der Waals surface area contributed by atoms with Gasteiger partial charge in [0.05, 0.1) is 0 Å². The number of fused-ring (bicyclic) bond motifs is 1. The van der Waals surface area contributed by atoms with Gasteiger partial charge in [0.1, 0.15) is 0 Å². The number of carbonyl (C=O) groups is 2. The first-order chi connectivity index (χ1) is 16.5. The highest BCUT2D eigenvalue weighted by atomic mass is 16.2. The molecule has 2 aromatic carbocycles. The van der Waals surface area contributed by atoms with Gasteiger partial charge < -0.3 is 21.3 Å². The summed E-state index contributed by atoms with van der Waals surface area (Å²) in [5.74, 6) is -0.244. The lowest BCUT2D eigenvalue weighted by Crippen LogP contribution is -2.62. The predicted molar refractivity (Wildman–Crippen MR) is 148 cm³/mol. The molecule has 0 aliphatic carbocycles. The molecule has 2 aromatic rings. The molecular formula is C30H44N4O2. The molecule has 2 amide bonds. The molecule has 2 aliphatic heterocycles. The van der Waals surface area contributed by atoms with E-state index in [0.717, 1.165) is 36.5 Å². The van der Waals surface area contributed by atoms with E-state index in [-0.39, 0.29) is 46.1 Å². The molecule has 0 spiro atoms. The highest BCUT2D eigenvalue weighted by molar-refractivity contribution is 6.15. The zero-order chi connectivity index (χ0) is 26.5. The Kier molecular flexibility index (Phi) is 6.76. The number of hydrogen-bond acceptors (Lipinski definition) is 4. The molecule has 196 valence electrons. The average Bonchev–Trinajstić information content (AvgIpc) is 2.67. The van der Waals surface area contributed by atoms with Crippen LogP contribution in [0.2, 0.25) is 0 Å². The molecule has 36 heavy (non-hydrogen) atoms. The lowest BCUT2D eigenvalue weighted by atomic mass is 9.79. The van der Waals surface area contributed by atoms with E-state index >= 15 is 0 Å². The van der Waals surface area contributed by atoms with Crippen molar-refractivity contribution in [3.63, 3.8) is 0 Å². The second-order valence-electron chi connectivity index (χ2n) is 13.7. The third-order valence-corrected chi connectivity index (χ3v) is 7.44. The Hall–Kier alpha value is -2.44. The molecule has 6 nitrogen and oxygen atoms in total. The van der Waals surface area contributed by atoms with E-state index in [2.05, 4.69) is 76.7 Å². The van der Waals surface area contributed by atoms with Crippen molar-refractivity contribution in [1.29, 1.82) is 0 Å². The standard InChI is InChI=1S/C30H44N4O2/c1-27(2)15-20(16-28(3,4)33-27)31-25(35)22-13-9-11-19-12-10-14-23(24(19)22)26(36)32-21-17-29(5,6)34-30(7,8)18-21/h9-14,20-21,33-34H,15-18H2,1-8H3,(H,31,35)(H,32,36). The van der Waals surface area contributed by atoms with Crippen LogP contribution in [0.1, 0.15) is 102 Å². The molecule has 0 bridgehead atoms. The Morgan fingerprint density at radius 2 is 0.972 bits per heavy atom. The van der Waals surface area contributed by atoms with Crippen LogP contribution in [0.4, 0.5) is 0 Å². The largest absolute Gasteiger partial charge is 0.349 e. The van der Waals surface area contributed by atoms with Crippen molar-refractivity contribution in [3.8, 4) is 0 Å². The van der Waals surface area contributed by atoms with E-state index in [4.69, 9.17) is 0 Å². The molecule has 0 unspecified atom stereocenters. The van der Waals surface area contributed by atoms with Crippen molar-refractivity contribution in [2.24, 2.45) is 0 Å². The fraction of sp³-hybridized carbons (Fsp3) is 0.600. The van der Waals surface area contributed by atoms with E-state index in [1.54, 1.807) is 0 Å². The Bertz CT molecular complexity index is 1050. The monoisotopic (exact) mass is 492 g/mol. The highest BCUT2D eigenvalue weighted by Crippen LogP contribution is 2.31. The second kappa shape index (κ2) is 9.14. The van der Waals surface area contributed by atoms with Gasteiger partial charge in [0.15, 0.2) is 0 Å². The molecule has 0 atom stereocenters. The molecule has 2 fully saturated rings. The molecular weight excluding hydrogens is 448 g/mol. The van der Waals surface area contributed by atoms with Gasteiger partial charge in [0, 0.05) is 50.8 Å². The predicted octanol–water partition coefficient (Wildman–Crippen LogP) is 4.92. The second-order valence-corrected chi connectivity index (χ2v) is 13.7. The van der Waals surface area contributed by atoms with Crippen LogP contribution in [-0.2, 0) is 0 Å². The summed E-state index contributed by atoms with van der Waals surface area (Å²) >= 11 is 0. The SMILES string of the molecule is CC1(C)CC(NC(=O)c2cccc3cccc(C(=O)NC4CC(C)(C)NC(C)(C)C4)c23)CC(C)(C)N1. The van der Waals surface area contributed by atoms with Crippen molar-refractivity contribution in [2.45, 2.75) is 115 Å². The number of hydrogen-bond donors (Lipinski definition) is 4. The maximum absolute atomic E-state index is 13.6. The summed E-state index contributed by atoms with van der Waals surface area (Å²) in [4.78, 5) is 27.2. The van der Waals surface area contributed by atoms with Crippen LogP contribution in [0.15, 0.2) is 36.4 Å². The van der Waals surface area contributed by atoms with Gasteiger partial charge in [0.25, 0.3) is 11.8 Å². The number of carbonyl (C=O) groups excluding carboxylic acids is 2. The van der Waals surface area contributed by atoms with Crippen molar-refractivity contribution < 1.29 is 9.59 Å². The van der Waals surface area contributed by atoms with Crippen molar-refractivity contribution in [3.05, 3.63) is 47.5 Å². The Morgan fingerprint density at radius 3 is 1.31 bits per heavy atom. The molecule has 2 heterocycles. The molecule has 4 N–H and O–H groups in total. The highest BCUT2D eigenvalue weighted by Gasteiger charge is 2.39. The average molecular weight is 493 g/mol. The van der Waals surface area contributed by atoms with Crippen molar-refractivity contribution in [2.75, 3.05) is 0 Å². The summed E-state index contributed by atoms with van der Waals surface area (Å²) < 4.78 is 0. The van der Waals surface area contributed by atoms with E-state index < -0.39 is 0 Å². The third-order valence-electron chi connectivity index (χ3n) is 7.44. The van der Waals surface area contributed by atoms with Gasteiger partial charge >= 0.3 is 0 Å². The fourth-order valence-corrected chi connectivity index (χ4v) is 7.09. The van der Waals surface area contributed by atoms with Crippen LogP contribution in [0, 0.1) is 0 Å². The first-order valence-electron chi connectivity index (χ1n) is 13.3. The van der Waals surface area contributed by atoms with Crippen LogP contribution >= 0.6 is 0 Å². The van der Waals surface area contributed by atoms with Crippen LogP contribution in [0.3, 0.4) is 0 Å². The number of rotatable bonds is 4. The third kappa shape index (κ3) is 6.09. The summed E-state index contributed by atoms with van der Waals surface area (Å²) in [6.07, 6.45) is 3.40.